The van der Waals surface area contributed by atoms with Gasteiger partial charge in [-0.1, -0.05) is 263 Å². The van der Waals surface area contributed by atoms with E-state index >= 15 is 0 Å². The molecule has 0 aromatic heterocycles. The van der Waals surface area contributed by atoms with Crippen molar-refractivity contribution in [3.8, 4) is 0 Å². The van der Waals surface area contributed by atoms with Gasteiger partial charge in [-0.25, -0.2) is 0 Å². The zero-order valence-corrected chi connectivity index (χ0v) is 40.9. The van der Waals surface area contributed by atoms with Crippen LogP contribution in [0, 0.1) is 0 Å². The molecule has 0 aliphatic carbocycles. The summed E-state index contributed by atoms with van der Waals surface area (Å²) in [5, 5.41) is 43.9. The molecule has 0 aromatic carbocycles. The Morgan fingerprint density at radius 3 is 1.03 bits per heavy atom. The lowest BCUT2D eigenvalue weighted by Gasteiger charge is -2.27. The Morgan fingerprint density at radius 2 is 0.689 bits per heavy atom. The standard InChI is InChI=1S/C55H107NO5/c1-3-5-7-9-11-13-15-17-19-21-23-24-25-26-27-28-29-31-32-34-36-38-40-42-44-46-48-52(58)54(60)51(50-57)56-55(61)53(59)49-47-45-43-41-39-37-35-33-30-22-20-18-16-14-12-10-8-6-4-2/h32,34,40,42,51-54,57-60H,3-31,33,35-39,41,43-50H2,1-2H3,(H,56,61)/b34-32+,42-40+. The first kappa shape index (κ1) is 59.8. The lowest BCUT2D eigenvalue weighted by molar-refractivity contribution is -0.132. The van der Waals surface area contributed by atoms with Crippen molar-refractivity contribution in [1.29, 1.82) is 0 Å². The summed E-state index contributed by atoms with van der Waals surface area (Å²) in [5.41, 5.74) is 0. The SMILES string of the molecule is CCCCCCCCCCCCCCCCCCC/C=C/CC/C=C/CCCC(O)C(O)C(CO)NC(=O)C(O)CCCCCCCCCCCCCCCCCCCCC. The molecule has 0 aliphatic rings. The average molecular weight is 862 g/mol. The van der Waals surface area contributed by atoms with Gasteiger partial charge in [0, 0.05) is 0 Å². The molecule has 61 heavy (non-hydrogen) atoms. The molecule has 0 aliphatic heterocycles. The molecule has 6 heteroatoms. The summed E-state index contributed by atoms with van der Waals surface area (Å²) >= 11 is 0. The summed E-state index contributed by atoms with van der Waals surface area (Å²) in [4.78, 5) is 12.6. The molecule has 0 saturated heterocycles. The third kappa shape index (κ3) is 43.8. The normalized spacial score (nSPS) is 14.0. The number of aliphatic hydroxyl groups is 4. The van der Waals surface area contributed by atoms with E-state index in [-0.39, 0.29) is 0 Å². The van der Waals surface area contributed by atoms with Crippen LogP contribution in [0.3, 0.4) is 0 Å². The lowest BCUT2D eigenvalue weighted by atomic mass is 10.00. The third-order valence-electron chi connectivity index (χ3n) is 12.9. The van der Waals surface area contributed by atoms with E-state index in [1.165, 1.54) is 218 Å². The minimum absolute atomic E-state index is 0.364. The van der Waals surface area contributed by atoms with E-state index < -0.39 is 36.9 Å². The predicted octanol–water partition coefficient (Wildman–Crippen LogP) is 15.5. The summed E-state index contributed by atoms with van der Waals surface area (Å²) in [6.45, 7) is 4.07. The molecule has 1 amide bonds. The van der Waals surface area contributed by atoms with Gasteiger partial charge in [0.25, 0.3) is 0 Å². The van der Waals surface area contributed by atoms with Crippen molar-refractivity contribution in [2.75, 3.05) is 6.61 Å². The highest BCUT2D eigenvalue weighted by Gasteiger charge is 2.28. The van der Waals surface area contributed by atoms with Crippen LogP contribution in [0.4, 0.5) is 0 Å². The van der Waals surface area contributed by atoms with Crippen molar-refractivity contribution >= 4 is 5.91 Å². The molecule has 6 nitrogen and oxygen atoms in total. The summed E-state index contributed by atoms with van der Waals surface area (Å²) in [6.07, 6.45) is 59.6. The first-order chi connectivity index (χ1) is 30.0. The van der Waals surface area contributed by atoms with Crippen LogP contribution in [0.15, 0.2) is 24.3 Å². The Hall–Kier alpha value is -1.21. The van der Waals surface area contributed by atoms with Crippen LogP contribution in [-0.2, 0) is 4.79 Å². The fourth-order valence-corrected chi connectivity index (χ4v) is 8.60. The quantitative estimate of drug-likeness (QED) is 0.0309. The molecule has 5 N–H and O–H groups in total. The fourth-order valence-electron chi connectivity index (χ4n) is 8.60. The minimum Gasteiger partial charge on any atom is -0.394 e. The zero-order chi connectivity index (χ0) is 44.5. The topological polar surface area (TPSA) is 110 Å². The van der Waals surface area contributed by atoms with Crippen LogP contribution in [-0.4, -0.2) is 57.3 Å². The highest BCUT2D eigenvalue weighted by Crippen LogP contribution is 2.17. The Bertz CT molecular complexity index is 924. The van der Waals surface area contributed by atoms with E-state index in [0.29, 0.717) is 19.3 Å². The van der Waals surface area contributed by atoms with E-state index in [4.69, 9.17) is 0 Å². The molecule has 0 heterocycles. The van der Waals surface area contributed by atoms with Gasteiger partial charge in [0.2, 0.25) is 5.91 Å². The summed E-state index contributed by atoms with van der Waals surface area (Å²) < 4.78 is 0. The van der Waals surface area contributed by atoms with Crippen molar-refractivity contribution in [1.82, 2.24) is 5.32 Å². The number of allylic oxidation sites excluding steroid dienone is 4. The zero-order valence-electron chi connectivity index (χ0n) is 40.9. The van der Waals surface area contributed by atoms with Gasteiger partial charge in [-0.2, -0.15) is 0 Å². The lowest BCUT2D eigenvalue weighted by Crippen LogP contribution is -2.53. The number of amides is 1. The first-order valence-electron chi connectivity index (χ1n) is 27.2. The van der Waals surface area contributed by atoms with Crippen LogP contribution in [0.2, 0.25) is 0 Å². The van der Waals surface area contributed by atoms with E-state index in [9.17, 15) is 25.2 Å². The second kappa shape index (κ2) is 49.8. The second-order valence-electron chi connectivity index (χ2n) is 18.9. The Kier molecular flexibility index (Phi) is 48.8. The molecule has 0 fully saturated rings. The van der Waals surface area contributed by atoms with Crippen LogP contribution >= 0.6 is 0 Å². The van der Waals surface area contributed by atoms with Gasteiger partial charge >= 0.3 is 0 Å². The second-order valence-corrected chi connectivity index (χ2v) is 18.9. The van der Waals surface area contributed by atoms with Crippen LogP contribution in [0.25, 0.3) is 0 Å². The molecule has 4 unspecified atom stereocenters. The summed E-state index contributed by atoms with van der Waals surface area (Å²) in [7, 11) is 0. The molecule has 0 radical (unpaired) electrons. The highest BCUT2D eigenvalue weighted by atomic mass is 16.3. The van der Waals surface area contributed by atoms with E-state index in [1.54, 1.807) is 0 Å². The first-order valence-corrected chi connectivity index (χ1v) is 27.2. The third-order valence-corrected chi connectivity index (χ3v) is 12.9. The van der Waals surface area contributed by atoms with Crippen LogP contribution in [0.1, 0.15) is 290 Å². The Balaban J connectivity index is 3.68. The van der Waals surface area contributed by atoms with Crippen molar-refractivity contribution in [2.45, 2.75) is 314 Å². The molecule has 0 rings (SSSR count). The summed E-state index contributed by atoms with van der Waals surface area (Å²) in [6, 6.07) is -1.01. The predicted molar refractivity (Wildman–Crippen MR) is 265 cm³/mol. The van der Waals surface area contributed by atoms with Gasteiger partial charge in [-0.3, -0.25) is 4.79 Å². The highest BCUT2D eigenvalue weighted by molar-refractivity contribution is 5.80. The molecule has 0 aromatic rings. The number of aliphatic hydroxyl groups excluding tert-OH is 4. The van der Waals surface area contributed by atoms with Gasteiger partial charge < -0.3 is 25.7 Å². The molecule has 362 valence electrons. The maximum atomic E-state index is 12.6. The van der Waals surface area contributed by atoms with E-state index in [2.05, 4.69) is 43.5 Å². The number of rotatable bonds is 50. The molecule has 0 spiro atoms. The fraction of sp³-hybridized carbons (Fsp3) is 0.909. The van der Waals surface area contributed by atoms with Crippen LogP contribution < -0.4 is 5.32 Å². The van der Waals surface area contributed by atoms with Crippen molar-refractivity contribution in [3.63, 3.8) is 0 Å². The number of hydrogen-bond donors (Lipinski definition) is 5. The van der Waals surface area contributed by atoms with E-state index in [0.717, 1.165) is 38.5 Å². The van der Waals surface area contributed by atoms with Crippen LogP contribution in [0.5, 0.6) is 0 Å². The minimum atomic E-state index is -1.29. The monoisotopic (exact) mass is 862 g/mol. The maximum Gasteiger partial charge on any atom is 0.249 e. The average Bonchev–Trinajstić information content (AvgIpc) is 3.26. The Labute approximate surface area is 380 Å². The number of hydrogen-bond acceptors (Lipinski definition) is 5. The molecular weight excluding hydrogens is 755 g/mol. The van der Waals surface area contributed by atoms with Crippen molar-refractivity contribution < 1.29 is 25.2 Å². The van der Waals surface area contributed by atoms with Gasteiger partial charge in [0.1, 0.15) is 12.2 Å². The number of nitrogens with one attached hydrogen (secondary N) is 1. The summed E-state index contributed by atoms with van der Waals surface area (Å²) in [5.74, 6) is -0.593. The Morgan fingerprint density at radius 1 is 0.393 bits per heavy atom. The maximum absolute atomic E-state index is 12.6. The molecular formula is C55H107NO5. The van der Waals surface area contributed by atoms with Gasteiger partial charge in [0.15, 0.2) is 0 Å². The smallest absolute Gasteiger partial charge is 0.249 e. The van der Waals surface area contributed by atoms with E-state index in [1.807, 2.05) is 0 Å². The number of carbonyl (C=O) groups excluding carboxylic acids is 1. The van der Waals surface area contributed by atoms with Gasteiger partial charge in [0.05, 0.1) is 18.8 Å². The molecule has 4 atom stereocenters. The van der Waals surface area contributed by atoms with Crippen molar-refractivity contribution in [3.05, 3.63) is 24.3 Å². The number of unbranched alkanes of at least 4 members (excludes halogenated alkanes) is 37. The number of carbonyl (C=O) groups is 1. The van der Waals surface area contributed by atoms with Crippen molar-refractivity contribution in [2.24, 2.45) is 0 Å². The molecule has 0 saturated carbocycles. The van der Waals surface area contributed by atoms with Gasteiger partial charge in [-0.05, 0) is 51.4 Å². The molecule has 0 bridgehead atoms. The largest absolute Gasteiger partial charge is 0.394 e. The van der Waals surface area contributed by atoms with Gasteiger partial charge in [-0.15, -0.1) is 0 Å².